The fourth-order valence-corrected chi connectivity index (χ4v) is 0.250. The zero-order valence-electron chi connectivity index (χ0n) is 5.32. The summed E-state index contributed by atoms with van der Waals surface area (Å²) in [5.74, 6) is 0. The maximum Gasteiger partial charge on any atom is 0.324 e. The molecule has 0 aromatic rings. The van der Waals surface area contributed by atoms with E-state index in [1.165, 1.54) is 25.7 Å². The molecule has 3 N–H and O–H groups in total. The van der Waals surface area contributed by atoms with Crippen molar-refractivity contribution in [3.63, 3.8) is 0 Å². The highest BCUT2D eigenvalue weighted by atomic mass is 31.2. The van der Waals surface area contributed by atoms with Crippen LogP contribution in [0.1, 0.15) is 25.7 Å². The van der Waals surface area contributed by atoms with E-state index in [-0.39, 0.29) is 9.90 Å². The average molecular weight is 172 g/mol. The van der Waals surface area contributed by atoms with Crippen LogP contribution in [0.25, 0.3) is 0 Å². The molecule has 9 heavy (non-hydrogen) atoms. The summed E-state index contributed by atoms with van der Waals surface area (Å²) in [6, 6.07) is 0. The summed E-state index contributed by atoms with van der Waals surface area (Å²) in [4.78, 5) is 21.7. The molecule has 1 aliphatic carbocycles. The van der Waals surface area contributed by atoms with Gasteiger partial charge in [-0.05, 0) is 0 Å². The van der Waals surface area contributed by atoms with Gasteiger partial charge in [-0.15, -0.1) is 0 Å². The van der Waals surface area contributed by atoms with Crippen LogP contribution in [0.4, 0.5) is 0 Å². The van der Waals surface area contributed by atoms with Gasteiger partial charge < -0.3 is 14.7 Å². The van der Waals surface area contributed by atoms with Crippen LogP contribution in [-0.2, 0) is 0 Å². The van der Waals surface area contributed by atoms with E-state index in [4.69, 9.17) is 14.7 Å². The second kappa shape index (κ2) is 8.74. The third-order valence-corrected chi connectivity index (χ3v) is 1.000. The van der Waals surface area contributed by atoms with Crippen molar-refractivity contribution in [1.82, 2.24) is 0 Å². The molecule has 0 aromatic heterocycles. The first-order valence-corrected chi connectivity index (χ1v) is 3.80. The molecule has 0 saturated heterocycles. The zero-order chi connectivity index (χ0) is 6.41. The highest BCUT2D eigenvalue weighted by Gasteiger charge is 1.95. The Labute approximate surface area is 59.7 Å². The summed E-state index contributed by atoms with van der Waals surface area (Å²) in [6.07, 6.45) is 6.00. The van der Waals surface area contributed by atoms with Gasteiger partial charge in [-0.1, -0.05) is 25.7 Å². The standard InChI is InChI=1S/C4H8.H3O3P.H3P/c1-2-4-3-1;1-4(2)3;/h1-4H2;1-3H;1H3. The van der Waals surface area contributed by atoms with E-state index >= 15 is 0 Å². The van der Waals surface area contributed by atoms with Crippen LogP contribution in [0.3, 0.4) is 0 Å². The van der Waals surface area contributed by atoms with Crippen molar-refractivity contribution in [2.45, 2.75) is 25.7 Å². The van der Waals surface area contributed by atoms with Gasteiger partial charge in [0.15, 0.2) is 0 Å². The number of hydrogen-bond donors (Lipinski definition) is 3. The van der Waals surface area contributed by atoms with E-state index in [1.807, 2.05) is 0 Å². The van der Waals surface area contributed by atoms with Crippen molar-refractivity contribution in [3.05, 3.63) is 0 Å². The van der Waals surface area contributed by atoms with Gasteiger partial charge in [0.25, 0.3) is 0 Å². The van der Waals surface area contributed by atoms with Crippen molar-refractivity contribution < 1.29 is 14.7 Å². The third-order valence-electron chi connectivity index (χ3n) is 1.000. The van der Waals surface area contributed by atoms with Gasteiger partial charge in [-0.2, -0.15) is 9.90 Å². The molecular weight excluding hydrogens is 158 g/mol. The minimum Gasteiger partial charge on any atom is -0.328 e. The van der Waals surface area contributed by atoms with Crippen molar-refractivity contribution >= 4 is 18.5 Å². The fourth-order valence-electron chi connectivity index (χ4n) is 0.250. The van der Waals surface area contributed by atoms with E-state index in [1.54, 1.807) is 0 Å². The number of rotatable bonds is 0. The second-order valence-corrected chi connectivity index (χ2v) is 2.22. The molecule has 0 spiro atoms. The van der Waals surface area contributed by atoms with Crippen LogP contribution in [0.5, 0.6) is 0 Å². The Hall–Kier alpha value is 0.740. The molecule has 58 valence electrons. The molecule has 1 fully saturated rings. The Kier molecular flexibility index (Phi) is 12.1. The summed E-state index contributed by atoms with van der Waals surface area (Å²) < 4.78 is 0. The Morgan fingerprint density at radius 3 is 0.889 bits per heavy atom. The lowest BCUT2D eigenvalue weighted by molar-refractivity contribution is 0.368. The topological polar surface area (TPSA) is 60.7 Å². The van der Waals surface area contributed by atoms with E-state index < -0.39 is 8.60 Å². The molecule has 0 aliphatic heterocycles. The van der Waals surface area contributed by atoms with Crippen LogP contribution in [0.15, 0.2) is 0 Å². The summed E-state index contributed by atoms with van der Waals surface area (Å²) in [5.41, 5.74) is 0. The van der Waals surface area contributed by atoms with Gasteiger partial charge in [0.2, 0.25) is 0 Å². The maximum absolute atomic E-state index is 7.23. The van der Waals surface area contributed by atoms with Crippen molar-refractivity contribution in [2.24, 2.45) is 0 Å². The van der Waals surface area contributed by atoms with Crippen LogP contribution < -0.4 is 0 Å². The van der Waals surface area contributed by atoms with Gasteiger partial charge in [0.1, 0.15) is 0 Å². The van der Waals surface area contributed by atoms with E-state index in [2.05, 4.69) is 0 Å². The summed E-state index contributed by atoms with van der Waals surface area (Å²) in [7, 11) is -2.62. The molecule has 1 unspecified atom stereocenters. The van der Waals surface area contributed by atoms with Gasteiger partial charge in [0.05, 0.1) is 0 Å². The minimum atomic E-state index is -2.62. The van der Waals surface area contributed by atoms with Crippen LogP contribution in [0.2, 0.25) is 0 Å². The average Bonchev–Trinajstić information content (AvgIpc) is 1.19. The predicted molar refractivity (Wildman–Crippen MR) is 43.1 cm³/mol. The Morgan fingerprint density at radius 2 is 0.889 bits per heavy atom. The number of hydrogen-bond acceptors (Lipinski definition) is 3. The van der Waals surface area contributed by atoms with Gasteiger partial charge in [-0.25, -0.2) is 0 Å². The predicted octanol–water partition coefficient (Wildman–Crippen LogP) is 0.809. The molecule has 0 radical (unpaired) electrons. The highest BCUT2D eigenvalue weighted by Crippen LogP contribution is 2.15. The molecule has 1 saturated carbocycles. The van der Waals surface area contributed by atoms with Crippen LogP contribution >= 0.6 is 18.5 Å². The second-order valence-electron chi connectivity index (χ2n) is 1.68. The monoisotopic (exact) mass is 172 g/mol. The Bertz CT molecular complexity index is 40.3. The SMILES string of the molecule is C1CCC1.OP(O)O.P. The van der Waals surface area contributed by atoms with E-state index in [0.29, 0.717) is 0 Å². The minimum absolute atomic E-state index is 0. The third kappa shape index (κ3) is 17.7. The zero-order valence-corrected chi connectivity index (χ0v) is 7.63. The van der Waals surface area contributed by atoms with Crippen molar-refractivity contribution in [1.29, 1.82) is 0 Å². The van der Waals surface area contributed by atoms with Crippen LogP contribution in [0, 0.1) is 0 Å². The van der Waals surface area contributed by atoms with Gasteiger partial charge in [0, 0.05) is 0 Å². The first kappa shape index (κ1) is 12.4. The molecule has 1 rings (SSSR count). The normalized spacial score (nSPS) is 14.7. The lowest BCUT2D eigenvalue weighted by atomic mass is 10.0. The molecule has 0 bridgehead atoms. The Morgan fingerprint density at radius 1 is 0.778 bits per heavy atom. The quantitative estimate of drug-likeness (QED) is 0.474. The highest BCUT2D eigenvalue weighted by molar-refractivity contribution is 7.38. The van der Waals surface area contributed by atoms with Crippen molar-refractivity contribution in [2.75, 3.05) is 0 Å². The van der Waals surface area contributed by atoms with E-state index in [9.17, 15) is 0 Å². The van der Waals surface area contributed by atoms with E-state index in [0.717, 1.165) is 0 Å². The van der Waals surface area contributed by atoms with Gasteiger partial charge >= 0.3 is 8.60 Å². The molecule has 0 amide bonds. The smallest absolute Gasteiger partial charge is 0.324 e. The first-order chi connectivity index (χ1) is 3.73. The van der Waals surface area contributed by atoms with Gasteiger partial charge in [-0.3, -0.25) is 0 Å². The molecule has 0 heterocycles. The maximum atomic E-state index is 7.23. The summed E-state index contributed by atoms with van der Waals surface area (Å²) in [6.45, 7) is 0. The molecule has 5 heteroatoms. The van der Waals surface area contributed by atoms with Crippen molar-refractivity contribution in [3.8, 4) is 0 Å². The fraction of sp³-hybridized carbons (Fsp3) is 1.00. The molecule has 1 atom stereocenters. The summed E-state index contributed by atoms with van der Waals surface area (Å²) in [5, 5.41) is 0. The van der Waals surface area contributed by atoms with Crippen LogP contribution in [-0.4, -0.2) is 14.7 Å². The first-order valence-electron chi connectivity index (χ1n) is 2.60. The summed E-state index contributed by atoms with van der Waals surface area (Å²) >= 11 is 0. The molecule has 1 aliphatic rings. The molecule has 3 nitrogen and oxygen atoms in total. The Balaban J connectivity index is 0. The lowest BCUT2D eigenvalue weighted by Gasteiger charge is -2.05. The molecular formula is C4H14O3P2. The largest absolute Gasteiger partial charge is 0.328 e. The lowest BCUT2D eigenvalue weighted by Crippen LogP contribution is -1.85. The molecule has 0 aromatic carbocycles.